The maximum atomic E-state index is 2.42. The van der Waals surface area contributed by atoms with Crippen molar-refractivity contribution in [3.8, 4) is 33.4 Å². The van der Waals surface area contributed by atoms with Crippen molar-refractivity contribution in [2.24, 2.45) is 0 Å². The molecule has 0 saturated heterocycles. The fourth-order valence-corrected chi connectivity index (χ4v) is 6.71. The van der Waals surface area contributed by atoms with Gasteiger partial charge in [-0.15, -0.1) is 0 Å². The molecule has 0 bridgehead atoms. The van der Waals surface area contributed by atoms with Gasteiger partial charge in [0.05, 0.1) is 0 Å². The number of aryl methyl sites for hydroxylation is 1. The lowest BCUT2D eigenvalue weighted by molar-refractivity contribution is 1.26. The van der Waals surface area contributed by atoms with E-state index >= 15 is 0 Å². The lowest BCUT2D eigenvalue weighted by Gasteiger charge is -2.14. The van der Waals surface area contributed by atoms with E-state index in [4.69, 9.17) is 0 Å². The summed E-state index contributed by atoms with van der Waals surface area (Å²) in [6.45, 7) is 2.21. The Labute approximate surface area is 222 Å². The van der Waals surface area contributed by atoms with Crippen molar-refractivity contribution in [1.82, 2.24) is 0 Å². The molecule has 0 unspecified atom stereocenters. The zero-order valence-corrected chi connectivity index (χ0v) is 21.3. The van der Waals surface area contributed by atoms with Crippen LogP contribution < -0.4 is 0 Å². The molecular formula is C38H26. The number of hydrogen-bond acceptors (Lipinski definition) is 0. The molecule has 178 valence electrons. The summed E-state index contributed by atoms with van der Waals surface area (Å²) in [7, 11) is 0. The van der Waals surface area contributed by atoms with Gasteiger partial charge in [0.2, 0.25) is 0 Å². The monoisotopic (exact) mass is 482 g/mol. The van der Waals surface area contributed by atoms with E-state index in [0.717, 1.165) is 6.42 Å². The molecule has 0 amide bonds. The predicted molar refractivity (Wildman–Crippen MR) is 163 cm³/mol. The molecule has 0 heteroatoms. The molecule has 0 radical (unpaired) electrons. The second kappa shape index (κ2) is 8.16. The van der Waals surface area contributed by atoms with Crippen molar-refractivity contribution >= 4 is 32.3 Å². The van der Waals surface area contributed by atoms with Gasteiger partial charge < -0.3 is 0 Å². The fraction of sp³-hybridized carbons (Fsp3) is 0.0526. The third kappa shape index (κ3) is 3.04. The SMILES string of the molecule is Cc1ccccc1-c1cccc2c1Cc1c(-c3ccc4c5ccccc5c5ccccc5c4c3)cccc1-2. The molecule has 7 aromatic rings. The third-order valence-electron chi connectivity index (χ3n) is 8.49. The van der Waals surface area contributed by atoms with Gasteiger partial charge in [-0.1, -0.05) is 121 Å². The van der Waals surface area contributed by atoms with Crippen molar-refractivity contribution in [3.05, 3.63) is 144 Å². The number of benzene rings is 7. The molecule has 0 aromatic heterocycles. The van der Waals surface area contributed by atoms with E-state index in [2.05, 4.69) is 134 Å². The second-order valence-corrected chi connectivity index (χ2v) is 10.5. The highest BCUT2D eigenvalue weighted by atomic mass is 14.3. The van der Waals surface area contributed by atoms with Gasteiger partial charge in [-0.3, -0.25) is 0 Å². The molecule has 1 aliphatic rings. The molecule has 0 atom stereocenters. The van der Waals surface area contributed by atoms with Crippen LogP contribution in [0.5, 0.6) is 0 Å². The first-order chi connectivity index (χ1) is 18.8. The molecule has 0 saturated carbocycles. The van der Waals surface area contributed by atoms with Crippen LogP contribution in [0.25, 0.3) is 65.7 Å². The Morgan fingerprint density at radius 2 is 0.816 bits per heavy atom. The second-order valence-electron chi connectivity index (χ2n) is 10.5. The van der Waals surface area contributed by atoms with Crippen molar-refractivity contribution in [3.63, 3.8) is 0 Å². The summed E-state index contributed by atoms with van der Waals surface area (Å²) in [5, 5.41) is 7.93. The Kier molecular flexibility index (Phi) is 4.60. The average molecular weight is 483 g/mol. The first kappa shape index (κ1) is 21.4. The van der Waals surface area contributed by atoms with Gasteiger partial charge >= 0.3 is 0 Å². The third-order valence-corrected chi connectivity index (χ3v) is 8.49. The molecule has 1 aliphatic carbocycles. The Bertz CT molecular complexity index is 2020. The van der Waals surface area contributed by atoms with Crippen molar-refractivity contribution < 1.29 is 0 Å². The van der Waals surface area contributed by atoms with Crippen LogP contribution in [0.4, 0.5) is 0 Å². The average Bonchev–Trinajstić information content (AvgIpc) is 3.37. The van der Waals surface area contributed by atoms with Crippen LogP contribution in [-0.4, -0.2) is 0 Å². The normalized spacial score (nSPS) is 12.2. The Hall–Kier alpha value is -4.68. The first-order valence-corrected chi connectivity index (χ1v) is 13.4. The van der Waals surface area contributed by atoms with E-state index in [9.17, 15) is 0 Å². The summed E-state index contributed by atoms with van der Waals surface area (Å²) in [6.07, 6.45) is 0.960. The van der Waals surface area contributed by atoms with Crippen LogP contribution in [0.2, 0.25) is 0 Å². The molecule has 0 N–H and O–H groups in total. The van der Waals surface area contributed by atoms with Crippen LogP contribution in [0.1, 0.15) is 16.7 Å². The van der Waals surface area contributed by atoms with Crippen LogP contribution in [-0.2, 0) is 6.42 Å². The molecule has 0 spiro atoms. The molecule has 0 nitrogen and oxygen atoms in total. The summed E-state index contributed by atoms with van der Waals surface area (Å²) in [4.78, 5) is 0. The first-order valence-electron chi connectivity index (χ1n) is 13.4. The molecule has 0 heterocycles. The quantitative estimate of drug-likeness (QED) is 0.215. The largest absolute Gasteiger partial charge is 0.0620 e. The van der Waals surface area contributed by atoms with Crippen molar-refractivity contribution in [1.29, 1.82) is 0 Å². The summed E-state index contributed by atoms with van der Waals surface area (Å²) in [5.74, 6) is 0. The lowest BCUT2D eigenvalue weighted by atomic mass is 9.90. The van der Waals surface area contributed by atoms with Crippen molar-refractivity contribution in [2.75, 3.05) is 0 Å². The summed E-state index contributed by atoms with van der Waals surface area (Å²) < 4.78 is 0. The Balaban J connectivity index is 1.34. The predicted octanol–water partition coefficient (Wildman–Crippen LogP) is 10.4. The highest BCUT2D eigenvalue weighted by molar-refractivity contribution is 6.25. The standard InChI is InChI=1S/C38H26/c1-24-10-2-3-11-26(24)28-17-9-19-34-33-18-8-16-27(37(33)23-38(28)34)25-20-21-35-31-14-5-4-12-29(31)30-13-6-7-15-32(30)36(35)22-25/h2-22H,23H2,1H3. The maximum Gasteiger partial charge on any atom is -0.000111 e. The molecule has 8 rings (SSSR count). The van der Waals surface area contributed by atoms with Gasteiger partial charge in [-0.05, 0) is 102 Å². The number of fused-ring (bicyclic) bond motifs is 9. The van der Waals surface area contributed by atoms with E-state index in [0.29, 0.717) is 0 Å². The number of rotatable bonds is 2. The highest BCUT2D eigenvalue weighted by Gasteiger charge is 2.25. The minimum absolute atomic E-state index is 0.960. The van der Waals surface area contributed by atoms with Crippen LogP contribution in [0.3, 0.4) is 0 Å². The Morgan fingerprint density at radius 1 is 0.368 bits per heavy atom. The molecule has 7 aromatic carbocycles. The van der Waals surface area contributed by atoms with E-state index in [1.165, 1.54) is 82.4 Å². The molecule has 0 fully saturated rings. The molecule has 0 aliphatic heterocycles. The smallest absolute Gasteiger partial charge is 0.000111 e. The number of hydrogen-bond donors (Lipinski definition) is 0. The van der Waals surface area contributed by atoms with E-state index in [1.54, 1.807) is 0 Å². The van der Waals surface area contributed by atoms with Crippen LogP contribution in [0, 0.1) is 6.92 Å². The Morgan fingerprint density at radius 3 is 1.45 bits per heavy atom. The fourth-order valence-electron chi connectivity index (χ4n) is 6.71. The van der Waals surface area contributed by atoms with Gasteiger partial charge in [0.15, 0.2) is 0 Å². The van der Waals surface area contributed by atoms with Gasteiger partial charge in [-0.2, -0.15) is 0 Å². The van der Waals surface area contributed by atoms with Crippen LogP contribution >= 0.6 is 0 Å². The van der Waals surface area contributed by atoms with Gasteiger partial charge in [0.1, 0.15) is 0 Å². The minimum atomic E-state index is 0.960. The lowest BCUT2D eigenvalue weighted by Crippen LogP contribution is -1.91. The topological polar surface area (TPSA) is 0 Å². The van der Waals surface area contributed by atoms with Gasteiger partial charge in [-0.25, -0.2) is 0 Å². The molecule has 38 heavy (non-hydrogen) atoms. The van der Waals surface area contributed by atoms with Gasteiger partial charge in [0.25, 0.3) is 0 Å². The van der Waals surface area contributed by atoms with Crippen molar-refractivity contribution in [2.45, 2.75) is 13.3 Å². The van der Waals surface area contributed by atoms with E-state index in [1.807, 2.05) is 0 Å². The summed E-state index contributed by atoms with van der Waals surface area (Å²) in [5.41, 5.74) is 12.3. The highest BCUT2D eigenvalue weighted by Crippen LogP contribution is 2.46. The van der Waals surface area contributed by atoms with E-state index < -0.39 is 0 Å². The summed E-state index contributed by atoms with van der Waals surface area (Å²) in [6, 6.07) is 47.1. The minimum Gasteiger partial charge on any atom is -0.0620 e. The van der Waals surface area contributed by atoms with Gasteiger partial charge in [0, 0.05) is 0 Å². The summed E-state index contributed by atoms with van der Waals surface area (Å²) >= 11 is 0. The zero-order valence-electron chi connectivity index (χ0n) is 21.3. The van der Waals surface area contributed by atoms with E-state index in [-0.39, 0.29) is 0 Å². The maximum absolute atomic E-state index is 2.42. The zero-order chi connectivity index (χ0) is 25.2. The van der Waals surface area contributed by atoms with Crippen LogP contribution in [0.15, 0.2) is 127 Å². The molecular weight excluding hydrogens is 456 g/mol.